The molecule has 18 heavy (non-hydrogen) atoms. The number of anilines is 1. The van der Waals surface area contributed by atoms with Crippen molar-refractivity contribution in [3.05, 3.63) is 30.3 Å². The predicted octanol–water partition coefficient (Wildman–Crippen LogP) is 1.88. The van der Waals surface area contributed by atoms with E-state index in [1.54, 1.807) is 20.9 Å². The van der Waals surface area contributed by atoms with E-state index in [0.29, 0.717) is 0 Å². The Balaban J connectivity index is 2.69. The Hall–Kier alpha value is -2.02. The van der Waals surface area contributed by atoms with Crippen LogP contribution in [0.25, 0.3) is 0 Å². The molecular formula is C14H19N3O. The van der Waals surface area contributed by atoms with Gasteiger partial charge in [0.1, 0.15) is 5.54 Å². The van der Waals surface area contributed by atoms with Crippen LogP contribution >= 0.6 is 0 Å². The number of nitrogens with zero attached hydrogens (tertiary/aromatic N) is 3. The Morgan fingerprint density at radius 1 is 1.28 bits per heavy atom. The molecule has 4 heteroatoms. The molecule has 0 aliphatic carbocycles. The van der Waals surface area contributed by atoms with Gasteiger partial charge in [-0.15, -0.1) is 0 Å². The zero-order chi connectivity index (χ0) is 13.8. The lowest BCUT2D eigenvalue weighted by Crippen LogP contribution is -2.47. The van der Waals surface area contributed by atoms with Crippen molar-refractivity contribution in [2.75, 3.05) is 25.5 Å². The van der Waals surface area contributed by atoms with E-state index in [1.807, 2.05) is 42.3 Å². The highest BCUT2D eigenvalue weighted by molar-refractivity contribution is 5.82. The number of amides is 1. The van der Waals surface area contributed by atoms with E-state index >= 15 is 0 Å². The maximum absolute atomic E-state index is 12.1. The third-order valence-corrected chi connectivity index (χ3v) is 3.06. The second kappa shape index (κ2) is 5.54. The van der Waals surface area contributed by atoms with Crippen LogP contribution < -0.4 is 4.90 Å². The molecule has 0 saturated carbocycles. The number of hydrogen-bond donors (Lipinski definition) is 0. The topological polar surface area (TPSA) is 47.3 Å². The molecule has 1 aromatic carbocycles. The summed E-state index contributed by atoms with van der Waals surface area (Å²) in [6.07, 6.45) is 0. The van der Waals surface area contributed by atoms with Crippen LogP contribution in [0.4, 0.5) is 5.69 Å². The SMILES string of the molecule is CN(CC(=O)N(C)C(C)(C)C#N)c1ccccc1. The molecule has 0 heterocycles. The summed E-state index contributed by atoms with van der Waals surface area (Å²) in [5.74, 6) is -0.0760. The zero-order valence-corrected chi connectivity index (χ0v) is 11.3. The average molecular weight is 245 g/mol. The molecule has 1 aromatic rings. The van der Waals surface area contributed by atoms with Crippen LogP contribution in [0.15, 0.2) is 30.3 Å². The zero-order valence-electron chi connectivity index (χ0n) is 11.3. The van der Waals surface area contributed by atoms with Gasteiger partial charge in [-0.2, -0.15) is 5.26 Å². The molecule has 0 saturated heterocycles. The van der Waals surface area contributed by atoms with Crippen LogP contribution in [-0.4, -0.2) is 37.0 Å². The number of nitriles is 1. The van der Waals surface area contributed by atoms with Crippen molar-refractivity contribution in [1.82, 2.24) is 4.90 Å². The number of carbonyl (C=O) groups is 1. The summed E-state index contributed by atoms with van der Waals surface area (Å²) in [6.45, 7) is 3.71. The fraction of sp³-hybridized carbons (Fsp3) is 0.429. The first-order valence-electron chi connectivity index (χ1n) is 5.82. The van der Waals surface area contributed by atoms with E-state index in [1.165, 1.54) is 4.90 Å². The fourth-order valence-electron chi connectivity index (χ4n) is 1.47. The summed E-state index contributed by atoms with van der Waals surface area (Å²) in [5.41, 5.74) is 0.197. The average Bonchev–Trinajstić information content (AvgIpc) is 2.38. The maximum Gasteiger partial charge on any atom is 0.243 e. The molecule has 0 fully saturated rings. The number of carbonyl (C=O) groups excluding carboxylic acids is 1. The van der Waals surface area contributed by atoms with Crippen molar-refractivity contribution in [1.29, 1.82) is 5.26 Å². The van der Waals surface area contributed by atoms with Crippen molar-refractivity contribution < 1.29 is 4.79 Å². The predicted molar refractivity (Wildman–Crippen MR) is 72.2 cm³/mol. The van der Waals surface area contributed by atoms with Gasteiger partial charge in [0.25, 0.3) is 0 Å². The van der Waals surface area contributed by atoms with E-state index in [9.17, 15) is 4.79 Å². The van der Waals surface area contributed by atoms with E-state index in [4.69, 9.17) is 5.26 Å². The number of hydrogen-bond acceptors (Lipinski definition) is 3. The highest BCUT2D eigenvalue weighted by Crippen LogP contribution is 2.14. The standard InChI is InChI=1S/C14H19N3O/c1-14(2,11-15)17(4)13(18)10-16(3)12-8-6-5-7-9-12/h5-9H,10H2,1-4H3. The number of benzene rings is 1. The first kappa shape index (κ1) is 14.0. The molecule has 4 nitrogen and oxygen atoms in total. The van der Waals surface area contributed by atoms with Gasteiger partial charge in [-0.25, -0.2) is 0 Å². The first-order valence-corrected chi connectivity index (χ1v) is 5.82. The van der Waals surface area contributed by atoms with Crippen LogP contribution in [0.2, 0.25) is 0 Å². The van der Waals surface area contributed by atoms with Gasteiger partial charge in [0.2, 0.25) is 5.91 Å². The summed E-state index contributed by atoms with van der Waals surface area (Å²) >= 11 is 0. The van der Waals surface area contributed by atoms with Gasteiger partial charge in [0.15, 0.2) is 0 Å². The largest absolute Gasteiger partial charge is 0.365 e. The Bertz CT molecular complexity index is 448. The van der Waals surface area contributed by atoms with Crippen LogP contribution in [0, 0.1) is 11.3 Å². The fourth-order valence-corrected chi connectivity index (χ4v) is 1.47. The molecule has 0 atom stereocenters. The van der Waals surface area contributed by atoms with Gasteiger partial charge in [-0.05, 0) is 26.0 Å². The van der Waals surface area contributed by atoms with Gasteiger partial charge in [0, 0.05) is 19.8 Å². The monoisotopic (exact) mass is 245 g/mol. The summed E-state index contributed by atoms with van der Waals surface area (Å²) in [7, 11) is 3.52. The molecule has 1 rings (SSSR count). The molecule has 0 aliphatic heterocycles. The van der Waals surface area contributed by atoms with Crippen LogP contribution in [0.1, 0.15) is 13.8 Å². The highest BCUT2D eigenvalue weighted by Gasteiger charge is 2.27. The summed E-state index contributed by atoms with van der Waals surface area (Å²) < 4.78 is 0. The van der Waals surface area contributed by atoms with Crippen molar-refractivity contribution in [2.24, 2.45) is 0 Å². The van der Waals surface area contributed by atoms with E-state index in [-0.39, 0.29) is 12.5 Å². The van der Waals surface area contributed by atoms with E-state index in [0.717, 1.165) is 5.69 Å². The Morgan fingerprint density at radius 2 is 1.83 bits per heavy atom. The Morgan fingerprint density at radius 3 is 2.33 bits per heavy atom. The molecular weight excluding hydrogens is 226 g/mol. The highest BCUT2D eigenvalue weighted by atomic mass is 16.2. The third-order valence-electron chi connectivity index (χ3n) is 3.06. The van der Waals surface area contributed by atoms with Crippen LogP contribution in [0.3, 0.4) is 0 Å². The molecule has 0 spiro atoms. The van der Waals surface area contributed by atoms with Crippen molar-refractivity contribution in [3.63, 3.8) is 0 Å². The van der Waals surface area contributed by atoms with Crippen molar-refractivity contribution in [3.8, 4) is 6.07 Å². The molecule has 0 unspecified atom stereocenters. The second-order valence-corrected chi connectivity index (χ2v) is 4.82. The lowest BCUT2D eigenvalue weighted by atomic mass is 10.1. The maximum atomic E-state index is 12.1. The van der Waals surface area contributed by atoms with Gasteiger partial charge in [-0.1, -0.05) is 18.2 Å². The lowest BCUT2D eigenvalue weighted by molar-refractivity contribution is -0.131. The molecule has 0 radical (unpaired) electrons. The molecule has 0 bridgehead atoms. The molecule has 1 amide bonds. The van der Waals surface area contributed by atoms with Crippen LogP contribution in [-0.2, 0) is 4.79 Å². The Kier molecular flexibility index (Phi) is 4.33. The normalized spacial score (nSPS) is 10.6. The minimum absolute atomic E-state index is 0.0760. The molecule has 0 N–H and O–H groups in total. The minimum Gasteiger partial charge on any atom is -0.365 e. The number of rotatable bonds is 4. The van der Waals surface area contributed by atoms with E-state index in [2.05, 4.69) is 6.07 Å². The minimum atomic E-state index is -0.783. The van der Waals surface area contributed by atoms with Gasteiger partial charge >= 0.3 is 0 Å². The van der Waals surface area contributed by atoms with Crippen molar-refractivity contribution in [2.45, 2.75) is 19.4 Å². The lowest BCUT2D eigenvalue weighted by Gasteiger charge is -2.31. The Labute approximate surface area is 108 Å². The van der Waals surface area contributed by atoms with Gasteiger partial charge in [0.05, 0.1) is 12.6 Å². The van der Waals surface area contributed by atoms with Crippen molar-refractivity contribution >= 4 is 11.6 Å². The second-order valence-electron chi connectivity index (χ2n) is 4.82. The number of para-hydroxylation sites is 1. The van der Waals surface area contributed by atoms with E-state index < -0.39 is 5.54 Å². The molecule has 96 valence electrons. The molecule has 0 aromatic heterocycles. The smallest absolute Gasteiger partial charge is 0.243 e. The quantitative estimate of drug-likeness (QED) is 0.813. The van der Waals surface area contributed by atoms with Crippen LogP contribution in [0.5, 0.6) is 0 Å². The van der Waals surface area contributed by atoms with Gasteiger partial charge < -0.3 is 9.80 Å². The summed E-state index contributed by atoms with van der Waals surface area (Å²) in [5, 5.41) is 9.01. The summed E-state index contributed by atoms with van der Waals surface area (Å²) in [4.78, 5) is 15.4. The number of likely N-dealkylation sites (N-methyl/N-ethyl adjacent to an activating group) is 2. The summed E-state index contributed by atoms with van der Waals surface area (Å²) in [6, 6.07) is 11.8. The first-order chi connectivity index (χ1) is 8.38. The van der Waals surface area contributed by atoms with Gasteiger partial charge in [-0.3, -0.25) is 4.79 Å². The third kappa shape index (κ3) is 3.24. The molecule has 0 aliphatic rings.